The Morgan fingerprint density at radius 2 is 0.859 bits per heavy atom. The summed E-state index contributed by atoms with van der Waals surface area (Å²) in [6.07, 6.45) is 0. The summed E-state index contributed by atoms with van der Waals surface area (Å²) in [6.45, 7) is 0. The molecule has 0 bridgehead atoms. The fourth-order valence-corrected chi connectivity index (χ4v) is 12.1. The summed E-state index contributed by atoms with van der Waals surface area (Å²) in [6, 6.07) is 84.8. The quantitative estimate of drug-likeness (QED) is 0.155. The predicted octanol–water partition coefficient (Wildman–Crippen LogP) is 18.0. The summed E-state index contributed by atoms with van der Waals surface area (Å²) < 4.78 is 7.75. The number of nitrogens with zero attached hydrogens (tertiary/aromatic N) is 2. The molecule has 64 heavy (non-hydrogen) atoms. The SMILES string of the molecule is c1ccc(-c2cc(-c3ccccc3)cc(N(c3ccccc3)c3ccc4c5cc(-c6ccc7sc8ccccc8c7c6)ccc5n(-c5cccc6c5sc5ccccc56)c4c3)c2)cc1. The van der Waals surface area contributed by atoms with Gasteiger partial charge >= 0.3 is 0 Å². The van der Waals surface area contributed by atoms with Crippen molar-refractivity contribution in [3.05, 3.63) is 231 Å². The highest BCUT2D eigenvalue weighted by Gasteiger charge is 2.21. The van der Waals surface area contributed by atoms with Gasteiger partial charge < -0.3 is 9.47 Å². The van der Waals surface area contributed by atoms with Crippen molar-refractivity contribution < 1.29 is 0 Å². The summed E-state index contributed by atoms with van der Waals surface area (Å²) in [5.41, 5.74) is 14.0. The van der Waals surface area contributed by atoms with Crippen LogP contribution in [0.2, 0.25) is 0 Å². The van der Waals surface area contributed by atoms with Gasteiger partial charge in [-0.25, -0.2) is 0 Å². The molecule has 4 heteroatoms. The maximum absolute atomic E-state index is 2.52. The second-order valence-corrected chi connectivity index (χ2v) is 18.6. The molecule has 0 aliphatic carbocycles. The molecule has 3 heterocycles. The van der Waals surface area contributed by atoms with Crippen LogP contribution in [0.1, 0.15) is 0 Å². The number of hydrogen-bond acceptors (Lipinski definition) is 3. The Labute approximate surface area is 378 Å². The highest BCUT2D eigenvalue weighted by atomic mass is 32.1. The average Bonchev–Trinajstić information content (AvgIpc) is 4.04. The first-order valence-electron chi connectivity index (χ1n) is 21.7. The molecule has 0 amide bonds. The third-order valence-electron chi connectivity index (χ3n) is 12.7. The zero-order chi connectivity index (χ0) is 42.1. The van der Waals surface area contributed by atoms with E-state index in [9.17, 15) is 0 Å². The molecule has 0 fully saturated rings. The highest BCUT2D eigenvalue weighted by Crippen LogP contribution is 2.46. The summed E-state index contributed by atoms with van der Waals surface area (Å²) in [4.78, 5) is 2.42. The van der Waals surface area contributed by atoms with Crippen LogP contribution in [-0.4, -0.2) is 4.57 Å². The van der Waals surface area contributed by atoms with Crippen molar-refractivity contribution >= 4 is 102 Å². The summed E-state index contributed by atoms with van der Waals surface area (Å²) in [5, 5.41) is 7.67. The molecule has 0 saturated carbocycles. The van der Waals surface area contributed by atoms with Gasteiger partial charge in [-0.05, 0) is 118 Å². The summed E-state index contributed by atoms with van der Waals surface area (Å²) >= 11 is 3.75. The average molecular weight is 851 g/mol. The molecule has 13 aromatic rings. The molecule has 0 saturated heterocycles. The molecule has 13 rings (SSSR count). The van der Waals surface area contributed by atoms with Gasteiger partial charge in [0, 0.05) is 63.5 Å². The third-order valence-corrected chi connectivity index (χ3v) is 15.1. The van der Waals surface area contributed by atoms with E-state index in [1.165, 1.54) is 95.7 Å². The fourth-order valence-electron chi connectivity index (χ4n) is 9.76. The Hall–Kier alpha value is -7.76. The van der Waals surface area contributed by atoms with Gasteiger partial charge in [-0.3, -0.25) is 0 Å². The molecule has 0 spiro atoms. The van der Waals surface area contributed by atoms with Crippen molar-refractivity contribution in [2.75, 3.05) is 4.90 Å². The molecule has 300 valence electrons. The largest absolute Gasteiger partial charge is 0.310 e. The van der Waals surface area contributed by atoms with E-state index in [4.69, 9.17) is 0 Å². The number of anilines is 3. The minimum atomic E-state index is 1.09. The van der Waals surface area contributed by atoms with E-state index in [0.717, 1.165) is 22.6 Å². The Kier molecular flexibility index (Phi) is 8.61. The second kappa shape index (κ2) is 15.0. The third kappa shape index (κ3) is 6.06. The van der Waals surface area contributed by atoms with Crippen LogP contribution in [0.15, 0.2) is 231 Å². The van der Waals surface area contributed by atoms with E-state index >= 15 is 0 Å². The van der Waals surface area contributed by atoms with Gasteiger partial charge in [-0.15, -0.1) is 22.7 Å². The monoisotopic (exact) mass is 850 g/mol. The molecule has 0 aliphatic heterocycles. The lowest BCUT2D eigenvalue weighted by Crippen LogP contribution is -2.10. The van der Waals surface area contributed by atoms with Crippen molar-refractivity contribution in [3.63, 3.8) is 0 Å². The number of aromatic nitrogens is 1. The van der Waals surface area contributed by atoms with Crippen molar-refractivity contribution in [1.82, 2.24) is 4.57 Å². The first-order chi connectivity index (χ1) is 31.7. The van der Waals surface area contributed by atoms with Crippen molar-refractivity contribution in [3.8, 4) is 39.1 Å². The number of thiophene rings is 2. The van der Waals surface area contributed by atoms with E-state index < -0.39 is 0 Å². The van der Waals surface area contributed by atoms with Crippen LogP contribution in [0.25, 0.3) is 101 Å². The predicted molar refractivity (Wildman–Crippen MR) is 278 cm³/mol. The minimum Gasteiger partial charge on any atom is -0.310 e. The number of benzene rings is 10. The lowest BCUT2D eigenvalue weighted by atomic mass is 9.97. The van der Waals surface area contributed by atoms with Crippen LogP contribution < -0.4 is 4.90 Å². The van der Waals surface area contributed by atoms with Crippen molar-refractivity contribution in [1.29, 1.82) is 0 Å². The first kappa shape index (κ1) is 36.9. The zero-order valence-corrected chi connectivity index (χ0v) is 36.3. The van der Waals surface area contributed by atoms with Crippen molar-refractivity contribution in [2.45, 2.75) is 0 Å². The van der Waals surface area contributed by atoms with Crippen LogP contribution in [0.4, 0.5) is 17.1 Å². The number of para-hydroxylation sites is 1. The molecule has 10 aromatic carbocycles. The lowest BCUT2D eigenvalue weighted by molar-refractivity contribution is 1.20. The summed E-state index contributed by atoms with van der Waals surface area (Å²) in [7, 11) is 0. The lowest BCUT2D eigenvalue weighted by Gasteiger charge is -2.27. The Bertz CT molecular complexity index is 3840. The van der Waals surface area contributed by atoms with E-state index in [1.54, 1.807) is 0 Å². The van der Waals surface area contributed by atoms with Gasteiger partial charge in [0.15, 0.2) is 0 Å². The topological polar surface area (TPSA) is 8.17 Å². The second-order valence-electron chi connectivity index (χ2n) is 16.5. The van der Waals surface area contributed by atoms with Crippen LogP contribution in [0, 0.1) is 0 Å². The number of fused-ring (bicyclic) bond motifs is 9. The molecular weight excluding hydrogens is 813 g/mol. The molecule has 0 atom stereocenters. The van der Waals surface area contributed by atoms with E-state index in [1.807, 2.05) is 22.7 Å². The van der Waals surface area contributed by atoms with Gasteiger partial charge in [0.05, 0.1) is 21.4 Å². The molecule has 0 N–H and O–H groups in total. The van der Waals surface area contributed by atoms with Crippen molar-refractivity contribution in [2.24, 2.45) is 0 Å². The van der Waals surface area contributed by atoms with Crippen LogP contribution in [0.5, 0.6) is 0 Å². The first-order valence-corrected chi connectivity index (χ1v) is 23.4. The van der Waals surface area contributed by atoms with Gasteiger partial charge in [-0.2, -0.15) is 0 Å². The number of rotatable bonds is 7. The van der Waals surface area contributed by atoms with E-state index in [2.05, 4.69) is 240 Å². The minimum absolute atomic E-state index is 1.09. The highest BCUT2D eigenvalue weighted by molar-refractivity contribution is 7.26. The molecular formula is C60H38N2S2. The van der Waals surface area contributed by atoms with Gasteiger partial charge in [-0.1, -0.05) is 146 Å². The zero-order valence-electron chi connectivity index (χ0n) is 34.7. The molecule has 3 aromatic heterocycles. The van der Waals surface area contributed by atoms with E-state index in [-0.39, 0.29) is 0 Å². The molecule has 0 radical (unpaired) electrons. The maximum Gasteiger partial charge on any atom is 0.0640 e. The van der Waals surface area contributed by atoms with Crippen LogP contribution in [-0.2, 0) is 0 Å². The Morgan fingerprint density at radius 1 is 0.281 bits per heavy atom. The maximum atomic E-state index is 2.52. The molecule has 2 nitrogen and oxygen atoms in total. The standard InChI is InChI=1S/C60H38N2S2/c1-4-15-39(16-5-1)43-33-44(40-17-6-2-7-18-40)35-47(34-43)61(45-19-8-3-9-20-45)46-29-30-48-52-36-41(42-28-32-59-53(37-42)50-22-11-12-25-57(50)63-59)27-31-54(52)62(56(48)38-46)55-24-14-23-51-49-21-10-13-26-58(49)64-60(51)55/h1-38H. The van der Waals surface area contributed by atoms with Gasteiger partial charge in [0.25, 0.3) is 0 Å². The fraction of sp³-hybridized carbons (Fsp3) is 0. The number of hydrogen-bond donors (Lipinski definition) is 0. The van der Waals surface area contributed by atoms with Gasteiger partial charge in [0.1, 0.15) is 0 Å². The summed E-state index contributed by atoms with van der Waals surface area (Å²) in [5.74, 6) is 0. The Balaban J connectivity index is 1.07. The van der Waals surface area contributed by atoms with E-state index in [0.29, 0.717) is 0 Å². The smallest absolute Gasteiger partial charge is 0.0640 e. The van der Waals surface area contributed by atoms with Gasteiger partial charge in [0.2, 0.25) is 0 Å². The molecule has 0 aliphatic rings. The van der Waals surface area contributed by atoms with Crippen LogP contribution in [0.3, 0.4) is 0 Å². The van der Waals surface area contributed by atoms with Crippen LogP contribution >= 0.6 is 22.7 Å². The normalized spacial score (nSPS) is 11.8. The Morgan fingerprint density at radius 3 is 1.58 bits per heavy atom. The molecule has 0 unspecified atom stereocenters.